The summed E-state index contributed by atoms with van der Waals surface area (Å²) in [6.07, 6.45) is 6.18. The molecular weight excluding hydrogens is 472 g/mol. The average molecular weight is 519 g/mol. The van der Waals surface area contributed by atoms with Crippen LogP contribution in [0.25, 0.3) is 21.5 Å². The SMILES string of the molecule is CCCOC(=O)CCCC(C)(C)c1ccc2cc3cc(C(C)(C)CCCC(=O)OCCC)ccc3cc2c1. The Bertz CT molecular complexity index is 1140. The molecule has 0 unspecified atom stereocenters. The summed E-state index contributed by atoms with van der Waals surface area (Å²) in [5, 5.41) is 4.94. The van der Waals surface area contributed by atoms with Crippen molar-refractivity contribution >= 4 is 33.5 Å². The first-order valence-corrected chi connectivity index (χ1v) is 14.4. The first kappa shape index (κ1) is 29.7. The van der Waals surface area contributed by atoms with Gasteiger partial charge in [0.25, 0.3) is 0 Å². The van der Waals surface area contributed by atoms with E-state index in [2.05, 4.69) is 76.2 Å². The number of fused-ring (bicyclic) bond motifs is 2. The van der Waals surface area contributed by atoms with Crippen molar-refractivity contribution < 1.29 is 19.1 Å². The van der Waals surface area contributed by atoms with Crippen molar-refractivity contribution in [2.24, 2.45) is 0 Å². The fraction of sp³-hybridized carbons (Fsp3) is 0.529. The van der Waals surface area contributed by atoms with Gasteiger partial charge in [0.1, 0.15) is 0 Å². The Morgan fingerprint density at radius 3 is 1.37 bits per heavy atom. The monoisotopic (exact) mass is 518 g/mol. The maximum Gasteiger partial charge on any atom is 0.305 e. The number of carbonyl (C=O) groups is 2. The quantitative estimate of drug-likeness (QED) is 0.158. The zero-order valence-electron chi connectivity index (χ0n) is 24.3. The van der Waals surface area contributed by atoms with Gasteiger partial charge in [-0.05, 0) is 94.2 Å². The second-order valence-corrected chi connectivity index (χ2v) is 11.9. The summed E-state index contributed by atoms with van der Waals surface area (Å²) in [6.45, 7) is 14.1. The minimum Gasteiger partial charge on any atom is -0.466 e. The molecule has 0 fully saturated rings. The minimum absolute atomic E-state index is 0.0228. The second kappa shape index (κ2) is 13.3. The third-order valence-electron chi connectivity index (χ3n) is 7.66. The van der Waals surface area contributed by atoms with Crippen LogP contribution >= 0.6 is 0 Å². The predicted octanol–water partition coefficient (Wildman–Crippen LogP) is 8.80. The minimum atomic E-state index is -0.0929. The lowest BCUT2D eigenvalue weighted by molar-refractivity contribution is -0.144. The Morgan fingerprint density at radius 2 is 1.00 bits per heavy atom. The van der Waals surface area contributed by atoms with Crippen molar-refractivity contribution in [2.75, 3.05) is 13.2 Å². The molecule has 0 aliphatic heterocycles. The zero-order valence-corrected chi connectivity index (χ0v) is 24.3. The lowest BCUT2D eigenvalue weighted by Crippen LogP contribution is -2.18. The Morgan fingerprint density at radius 1 is 0.605 bits per heavy atom. The van der Waals surface area contributed by atoms with Crippen molar-refractivity contribution in [3.05, 3.63) is 59.7 Å². The van der Waals surface area contributed by atoms with E-state index in [4.69, 9.17) is 9.47 Å². The van der Waals surface area contributed by atoms with Gasteiger partial charge in [-0.2, -0.15) is 0 Å². The van der Waals surface area contributed by atoms with E-state index in [0.29, 0.717) is 26.1 Å². The number of carbonyl (C=O) groups excluding carboxylic acids is 2. The molecule has 0 aliphatic carbocycles. The largest absolute Gasteiger partial charge is 0.466 e. The highest BCUT2D eigenvalue weighted by molar-refractivity contribution is 5.98. The molecule has 0 heterocycles. The second-order valence-electron chi connectivity index (χ2n) is 11.9. The third-order valence-corrected chi connectivity index (χ3v) is 7.66. The molecule has 0 aliphatic rings. The molecule has 4 nitrogen and oxygen atoms in total. The smallest absolute Gasteiger partial charge is 0.305 e. The molecule has 206 valence electrons. The van der Waals surface area contributed by atoms with E-state index in [9.17, 15) is 9.59 Å². The molecule has 0 saturated carbocycles. The van der Waals surface area contributed by atoms with Crippen LogP contribution in [-0.4, -0.2) is 25.2 Å². The lowest BCUT2D eigenvalue weighted by atomic mass is 9.78. The van der Waals surface area contributed by atoms with Crippen LogP contribution in [0.15, 0.2) is 48.5 Å². The number of benzene rings is 3. The summed E-state index contributed by atoms with van der Waals surface area (Å²) in [7, 11) is 0. The third kappa shape index (κ3) is 8.06. The topological polar surface area (TPSA) is 52.6 Å². The van der Waals surface area contributed by atoms with Gasteiger partial charge in [-0.15, -0.1) is 0 Å². The van der Waals surface area contributed by atoms with E-state index in [1.54, 1.807) is 0 Å². The molecule has 4 heteroatoms. The van der Waals surface area contributed by atoms with E-state index < -0.39 is 0 Å². The average Bonchev–Trinajstić information content (AvgIpc) is 2.88. The summed E-state index contributed by atoms with van der Waals surface area (Å²) in [4.78, 5) is 23.8. The fourth-order valence-corrected chi connectivity index (χ4v) is 5.05. The Balaban J connectivity index is 1.71. The lowest BCUT2D eigenvalue weighted by Gasteiger charge is -2.26. The van der Waals surface area contributed by atoms with E-state index in [1.807, 2.05) is 13.8 Å². The number of esters is 2. The van der Waals surface area contributed by atoms with E-state index in [0.717, 1.165) is 38.5 Å². The number of rotatable bonds is 14. The number of hydrogen-bond donors (Lipinski definition) is 0. The molecule has 0 spiro atoms. The molecule has 0 bridgehead atoms. The zero-order chi connectivity index (χ0) is 27.8. The van der Waals surface area contributed by atoms with Crippen molar-refractivity contribution in [1.82, 2.24) is 0 Å². The van der Waals surface area contributed by atoms with Gasteiger partial charge in [-0.25, -0.2) is 0 Å². The summed E-state index contributed by atoms with van der Waals surface area (Å²) < 4.78 is 10.4. The molecule has 3 aromatic rings. The van der Waals surface area contributed by atoms with Crippen molar-refractivity contribution in [1.29, 1.82) is 0 Å². The van der Waals surface area contributed by atoms with Crippen LogP contribution in [0.2, 0.25) is 0 Å². The number of hydrogen-bond acceptors (Lipinski definition) is 4. The van der Waals surface area contributed by atoms with Crippen molar-refractivity contribution in [2.45, 2.75) is 104 Å². The molecule has 3 aromatic carbocycles. The van der Waals surface area contributed by atoms with Gasteiger partial charge in [0.2, 0.25) is 0 Å². The Hall–Kier alpha value is -2.88. The highest BCUT2D eigenvalue weighted by atomic mass is 16.5. The van der Waals surface area contributed by atoms with Gasteiger partial charge in [-0.3, -0.25) is 9.59 Å². The van der Waals surface area contributed by atoms with Crippen LogP contribution in [0.1, 0.15) is 104 Å². The van der Waals surface area contributed by atoms with Crippen LogP contribution in [0, 0.1) is 0 Å². The summed E-state index contributed by atoms with van der Waals surface area (Å²) in [6, 6.07) is 18.1. The van der Waals surface area contributed by atoms with Crippen LogP contribution in [0.3, 0.4) is 0 Å². The molecule has 0 aromatic heterocycles. The van der Waals surface area contributed by atoms with Gasteiger partial charge in [0.15, 0.2) is 0 Å². The molecule has 0 amide bonds. The summed E-state index contributed by atoms with van der Waals surface area (Å²) >= 11 is 0. The molecule has 0 atom stereocenters. The van der Waals surface area contributed by atoms with Crippen molar-refractivity contribution in [3.8, 4) is 0 Å². The molecule has 0 saturated heterocycles. The molecule has 38 heavy (non-hydrogen) atoms. The summed E-state index contributed by atoms with van der Waals surface area (Å²) in [5.41, 5.74) is 2.54. The van der Waals surface area contributed by atoms with Gasteiger partial charge in [-0.1, -0.05) is 77.9 Å². The maximum absolute atomic E-state index is 11.9. The predicted molar refractivity (Wildman–Crippen MR) is 158 cm³/mol. The standard InChI is InChI=1S/C34H46O4/c1-7-19-37-31(35)11-9-17-33(3,4)29-15-13-25-22-28-24-30(16-14-26(28)21-27(25)23-29)34(5,6)18-10-12-32(36)38-20-8-2/h13-16,21-24H,7-12,17-20H2,1-6H3. The van der Waals surface area contributed by atoms with Crippen molar-refractivity contribution in [3.63, 3.8) is 0 Å². The van der Waals surface area contributed by atoms with E-state index in [-0.39, 0.29) is 22.8 Å². The highest BCUT2D eigenvalue weighted by Gasteiger charge is 2.23. The maximum atomic E-state index is 11.9. The Labute approximate surface area is 229 Å². The molecule has 0 N–H and O–H groups in total. The molecule has 0 radical (unpaired) electrons. The van der Waals surface area contributed by atoms with Crippen LogP contribution < -0.4 is 0 Å². The van der Waals surface area contributed by atoms with Gasteiger partial charge in [0.05, 0.1) is 13.2 Å². The number of ether oxygens (including phenoxy) is 2. The first-order valence-electron chi connectivity index (χ1n) is 14.4. The van der Waals surface area contributed by atoms with Crippen LogP contribution in [-0.2, 0) is 29.9 Å². The van der Waals surface area contributed by atoms with Gasteiger partial charge < -0.3 is 9.47 Å². The van der Waals surface area contributed by atoms with Gasteiger partial charge >= 0.3 is 11.9 Å². The normalized spacial score (nSPS) is 12.2. The Kier molecular flexibility index (Phi) is 10.4. The van der Waals surface area contributed by atoms with E-state index in [1.165, 1.54) is 32.7 Å². The molecule has 3 rings (SSSR count). The molecular formula is C34H46O4. The summed E-state index contributed by atoms with van der Waals surface area (Å²) in [5.74, 6) is -0.186. The first-order chi connectivity index (χ1) is 18.1. The van der Waals surface area contributed by atoms with Crippen LogP contribution in [0.4, 0.5) is 0 Å². The van der Waals surface area contributed by atoms with E-state index >= 15 is 0 Å². The van der Waals surface area contributed by atoms with Gasteiger partial charge in [0, 0.05) is 12.8 Å². The van der Waals surface area contributed by atoms with Crippen LogP contribution in [0.5, 0.6) is 0 Å². The highest BCUT2D eigenvalue weighted by Crippen LogP contribution is 2.35. The fourth-order valence-electron chi connectivity index (χ4n) is 5.05.